The number of aliphatic hydroxyl groups excluding tert-OH is 3. The zero-order valence-corrected chi connectivity index (χ0v) is 25.4. The first-order valence-corrected chi connectivity index (χ1v) is 14.4. The number of hydrogen-bond donors (Lipinski definition) is 7. The van der Waals surface area contributed by atoms with E-state index in [0.29, 0.717) is 6.42 Å². The summed E-state index contributed by atoms with van der Waals surface area (Å²) in [7, 11) is 1.35. The predicted octanol–water partition coefficient (Wildman–Crippen LogP) is 1.52. The van der Waals surface area contributed by atoms with Crippen LogP contribution >= 0.6 is 0 Å². The summed E-state index contributed by atoms with van der Waals surface area (Å²) in [6.07, 6.45) is -2.03. The van der Waals surface area contributed by atoms with Gasteiger partial charge in [0, 0.05) is 35.6 Å². The number of phenols is 2. The summed E-state index contributed by atoms with van der Waals surface area (Å²) >= 11 is 0. The number of benzene rings is 2. The Morgan fingerprint density at radius 3 is 2.16 bits per heavy atom. The minimum Gasteiger partial charge on any atom is -0.507 e. The quantitative estimate of drug-likeness (QED) is 0.211. The Balaban J connectivity index is 0.000000387. The third kappa shape index (κ3) is 6.74. The standard InChI is InChI=1S/C21H18O8.C6H13NO3.2C2H6/c1-29-12-4-2-3-10-14(12)20(27)16-15(18(10)25)19(26)11-7-21(28,13(23)8-22)6-5-9(11)17(16)24;1-3-6(9)4(7)2-5(8)10-3;2*1-2/h2-4,22,24,26,28H,5-8H2,1H3;3-6,8-9H,2,7H2,1H3;2*1-2H3/t21-;;;/m1.../s1. The fourth-order valence-corrected chi connectivity index (χ4v) is 5.31. The molecular weight excluding hydrogens is 562 g/mol. The lowest BCUT2D eigenvalue weighted by Crippen LogP contribution is -2.51. The van der Waals surface area contributed by atoms with E-state index >= 15 is 0 Å². The highest BCUT2D eigenvalue weighted by atomic mass is 16.6. The first kappa shape index (κ1) is 35.8. The lowest BCUT2D eigenvalue weighted by atomic mass is 9.73. The number of rotatable bonds is 3. The number of phenolic OH excluding ortho intramolecular Hbond substituents is 2. The van der Waals surface area contributed by atoms with Crippen molar-refractivity contribution in [3.05, 3.63) is 51.6 Å². The molecule has 0 saturated carbocycles. The third-order valence-corrected chi connectivity index (χ3v) is 7.52. The molecule has 43 heavy (non-hydrogen) atoms. The summed E-state index contributed by atoms with van der Waals surface area (Å²) in [6.45, 7) is 8.81. The maximum atomic E-state index is 13.1. The fourth-order valence-electron chi connectivity index (χ4n) is 5.31. The van der Waals surface area contributed by atoms with E-state index in [1.54, 1.807) is 6.92 Å². The molecule has 5 atom stereocenters. The molecule has 1 aliphatic heterocycles. The zero-order chi connectivity index (χ0) is 32.8. The Bertz CT molecular complexity index is 1330. The van der Waals surface area contributed by atoms with Crippen molar-refractivity contribution in [3.63, 3.8) is 0 Å². The second-order valence-electron chi connectivity index (χ2n) is 9.92. The highest BCUT2D eigenvalue weighted by Gasteiger charge is 2.45. The molecule has 12 nitrogen and oxygen atoms in total. The molecule has 2 aliphatic carbocycles. The zero-order valence-electron chi connectivity index (χ0n) is 25.4. The molecule has 1 saturated heterocycles. The normalized spacial score (nSPS) is 25.2. The number of hydrogen-bond acceptors (Lipinski definition) is 12. The van der Waals surface area contributed by atoms with E-state index in [-0.39, 0.29) is 70.5 Å². The molecule has 1 fully saturated rings. The van der Waals surface area contributed by atoms with Crippen molar-refractivity contribution in [1.29, 1.82) is 0 Å². The summed E-state index contributed by atoms with van der Waals surface area (Å²) in [5, 5.41) is 59.5. The van der Waals surface area contributed by atoms with Crippen LogP contribution in [0, 0.1) is 0 Å². The van der Waals surface area contributed by atoms with Gasteiger partial charge in [0.25, 0.3) is 0 Å². The maximum Gasteiger partial charge on any atom is 0.202 e. The number of nitrogens with two attached hydrogens (primary N) is 1. The van der Waals surface area contributed by atoms with Gasteiger partial charge in [-0.2, -0.15) is 0 Å². The molecule has 3 aliphatic rings. The maximum absolute atomic E-state index is 13.1. The molecule has 5 rings (SSSR count). The number of carbonyl (C=O) groups excluding carboxylic acids is 3. The molecule has 4 unspecified atom stereocenters. The summed E-state index contributed by atoms with van der Waals surface area (Å²) in [5.41, 5.74) is 3.09. The molecule has 0 bridgehead atoms. The largest absolute Gasteiger partial charge is 0.507 e. The minimum absolute atomic E-state index is 0.00456. The smallest absolute Gasteiger partial charge is 0.202 e. The van der Waals surface area contributed by atoms with Crippen molar-refractivity contribution < 1.29 is 54.5 Å². The van der Waals surface area contributed by atoms with Gasteiger partial charge in [-0.25, -0.2) is 0 Å². The summed E-state index contributed by atoms with van der Waals surface area (Å²) in [6, 6.07) is 4.11. The van der Waals surface area contributed by atoms with Crippen LogP contribution in [-0.4, -0.2) is 91.8 Å². The Labute approximate surface area is 250 Å². The SMILES string of the molecule is CC.CC.CC1OC(O)CC(N)C1O.COc1cccc2c1C(=O)c1c(O)c3c(c(O)c1C2=O)C[C@@](O)(C(=O)CO)CC3. The van der Waals surface area contributed by atoms with E-state index in [4.69, 9.17) is 25.4 Å². The monoisotopic (exact) mass is 605 g/mol. The lowest BCUT2D eigenvalue weighted by Gasteiger charge is -2.34. The van der Waals surface area contributed by atoms with Gasteiger partial charge >= 0.3 is 0 Å². The number of aliphatic hydroxyl groups is 4. The summed E-state index contributed by atoms with van der Waals surface area (Å²) in [4.78, 5) is 38.2. The molecular formula is C31H43NO11. The molecule has 0 spiro atoms. The molecule has 0 amide bonds. The van der Waals surface area contributed by atoms with Crippen LogP contribution in [0.15, 0.2) is 18.2 Å². The van der Waals surface area contributed by atoms with Crippen LogP contribution in [0.2, 0.25) is 0 Å². The van der Waals surface area contributed by atoms with Gasteiger partial charge in [-0.15, -0.1) is 0 Å². The van der Waals surface area contributed by atoms with E-state index in [1.807, 2.05) is 27.7 Å². The van der Waals surface area contributed by atoms with Gasteiger partial charge in [0.15, 0.2) is 17.9 Å². The second kappa shape index (κ2) is 14.9. The summed E-state index contributed by atoms with van der Waals surface area (Å²) in [5.74, 6) is -2.99. The summed E-state index contributed by atoms with van der Waals surface area (Å²) < 4.78 is 10.1. The molecule has 0 aromatic heterocycles. The van der Waals surface area contributed by atoms with Gasteiger partial charge in [-0.3, -0.25) is 14.4 Å². The number of fused-ring (bicyclic) bond motifs is 3. The molecule has 0 radical (unpaired) electrons. The van der Waals surface area contributed by atoms with Crippen LogP contribution in [0.1, 0.15) is 90.4 Å². The Kier molecular flexibility index (Phi) is 12.4. The Morgan fingerprint density at radius 2 is 1.60 bits per heavy atom. The first-order chi connectivity index (χ1) is 20.4. The average Bonchev–Trinajstić information content (AvgIpc) is 3.01. The van der Waals surface area contributed by atoms with Crippen molar-refractivity contribution in [2.24, 2.45) is 5.73 Å². The van der Waals surface area contributed by atoms with Crippen molar-refractivity contribution in [1.82, 2.24) is 0 Å². The topological polar surface area (TPSA) is 217 Å². The highest BCUT2D eigenvalue weighted by Crippen LogP contribution is 2.48. The second-order valence-corrected chi connectivity index (χ2v) is 9.92. The van der Waals surface area contributed by atoms with Crippen LogP contribution in [0.4, 0.5) is 0 Å². The van der Waals surface area contributed by atoms with E-state index in [1.165, 1.54) is 25.3 Å². The molecule has 8 N–H and O–H groups in total. The first-order valence-electron chi connectivity index (χ1n) is 14.4. The molecule has 2 aromatic rings. The number of Topliss-reactive ketones (excluding diaryl/α,β-unsaturated/α-hetero) is 1. The van der Waals surface area contributed by atoms with Crippen LogP contribution in [0.3, 0.4) is 0 Å². The van der Waals surface area contributed by atoms with Gasteiger partial charge < -0.3 is 45.8 Å². The predicted molar refractivity (Wildman–Crippen MR) is 157 cm³/mol. The highest BCUT2D eigenvalue weighted by molar-refractivity contribution is 6.31. The minimum atomic E-state index is -1.93. The Hall–Kier alpha value is -3.39. The van der Waals surface area contributed by atoms with Crippen LogP contribution in [0.25, 0.3) is 0 Å². The number of ketones is 3. The van der Waals surface area contributed by atoms with Crippen molar-refractivity contribution in [3.8, 4) is 17.2 Å². The van der Waals surface area contributed by atoms with Gasteiger partial charge in [0.1, 0.15) is 29.5 Å². The van der Waals surface area contributed by atoms with E-state index in [9.17, 15) is 34.8 Å². The van der Waals surface area contributed by atoms with Gasteiger partial charge in [-0.1, -0.05) is 39.8 Å². The molecule has 238 valence electrons. The number of aromatic hydroxyl groups is 2. The van der Waals surface area contributed by atoms with Gasteiger partial charge in [0.2, 0.25) is 5.78 Å². The van der Waals surface area contributed by atoms with E-state index < -0.39 is 53.5 Å². The van der Waals surface area contributed by atoms with E-state index in [2.05, 4.69) is 0 Å². The van der Waals surface area contributed by atoms with Crippen molar-refractivity contribution >= 4 is 17.3 Å². The van der Waals surface area contributed by atoms with Gasteiger partial charge in [-0.05, 0) is 25.8 Å². The van der Waals surface area contributed by atoms with Crippen molar-refractivity contribution in [2.75, 3.05) is 13.7 Å². The van der Waals surface area contributed by atoms with Crippen LogP contribution in [0.5, 0.6) is 17.2 Å². The number of ether oxygens (including phenoxy) is 2. The lowest BCUT2D eigenvalue weighted by molar-refractivity contribution is -0.198. The van der Waals surface area contributed by atoms with Crippen molar-refractivity contribution in [2.45, 2.75) is 90.4 Å². The van der Waals surface area contributed by atoms with E-state index in [0.717, 1.165) is 0 Å². The number of carbonyl (C=O) groups is 3. The number of methoxy groups -OCH3 is 1. The average molecular weight is 606 g/mol. The van der Waals surface area contributed by atoms with Gasteiger partial charge in [0.05, 0.1) is 36.0 Å². The molecule has 1 heterocycles. The fraction of sp³-hybridized carbons (Fsp3) is 0.516. The molecule has 12 heteroatoms. The molecule has 2 aromatic carbocycles. The van der Waals surface area contributed by atoms with Crippen LogP contribution < -0.4 is 10.5 Å². The van der Waals surface area contributed by atoms with Crippen LogP contribution in [-0.2, 0) is 22.4 Å². The third-order valence-electron chi connectivity index (χ3n) is 7.52. The Morgan fingerprint density at radius 1 is 1.02 bits per heavy atom.